The van der Waals surface area contributed by atoms with Crippen molar-refractivity contribution in [2.75, 3.05) is 18.2 Å². The highest BCUT2D eigenvalue weighted by atomic mass is 32.2. The molecule has 0 radical (unpaired) electrons. The van der Waals surface area contributed by atoms with Crippen LogP contribution in [0, 0.1) is 6.92 Å². The lowest BCUT2D eigenvalue weighted by atomic mass is 10.1. The van der Waals surface area contributed by atoms with Crippen molar-refractivity contribution in [3.8, 4) is 28.4 Å². The Labute approximate surface area is 212 Å². The maximum absolute atomic E-state index is 12.9. The zero-order chi connectivity index (χ0) is 24.9. The van der Waals surface area contributed by atoms with Crippen LogP contribution in [0.25, 0.3) is 22.6 Å². The van der Waals surface area contributed by atoms with Gasteiger partial charge >= 0.3 is 0 Å². The number of tetrazole rings is 1. The van der Waals surface area contributed by atoms with Gasteiger partial charge in [-0.3, -0.25) is 4.79 Å². The molecule has 36 heavy (non-hydrogen) atoms. The van der Waals surface area contributed by atoms with E-state index in [1.54, 1.807) is 16.5 Å². The molecule has 0 aliphatic rings. The molecule has 3 aromatic carbocycles. The van der Waals surface area contributed by atoms with Gasteiger partial charge in [0.1, 0.15) is 11.6 Å². The number of hydrogen-bond acceptors (Lipinski definition) is 7. The fourth-order valence-electron chi connectivity index (χ4n) is 3.56. The number of aryl methyl sites for hydroxylation is 1. The number of methoxy groups -OCH3 is 1. The Morgan fingerprint density at radius 3 is 2.39 bits per heavy atom. The molecule has 10 heteroatoms. The van der Waals surface area contributed by atoms with Crippen LogP contribution >= 0.6 is 11.8 Å². The maximum atomic E-state index is 12.9. The number of nitrogens with one attached hydrogen (secondary N) is 1. The average molecular weight is 498 g/mol. The minimum Gasteiger partial charge on any atom is -0.497 e. The Morgan fingerprint density at radius 1 is 0.944 bits per heavy atom. The molecule has 0 saturated heterocycles. The number of rotatable bonds is 8. The van der Waals surface area contributed by atoms with Gasteiger partial charge in [0.15, 0.2) is 0 Å². The van der Waals surface area contributed by atoms with Crippen molar-refractivity contribution >= 4 is 23.5 Å². The molecule has 0 unspecified atom stereocenters. The molecule has 1 N–H and O–H groups in total. The Bertz CT molecular complexity index is 1460. The van der Waals surface area contributed by atoms with Crippen molar-refractivity contribution in [1.29, 1.82) is 0 Å². The van der Waals surface area contributed by atoms with E-state index in [2.05, 4.69) is 20.8 Å². The topological polar surface area (TPSA) is 99.8 Å². The van der Waals surface area contributed by atoms with Gasteiger partial charge in [-0.1, -0.05) is 59.8 Å². The smallest absolute Gasteiger partial charge is 0.236 e. The normalized spacial score (nSPS) is 10.8. The number of benzene rings is 3. The van der Waals surface area contributed by atoms with E-state index in [0.29, 0.717) is 11.0 Å². The monoisotopic (exact) mass is 497 g/mol. The van der Waals surface area contributed by atoms with Crippen LogP contribution in [0.1, 0.15) is 5.56 Å². The second-order valence-electron chi connectivity index (χ2n) is 7.94. The van der Waals surface area contributed by atoms with Crippen molar-refractivity contribution in [1.82, 2.24) is 30.0 Å². The van der Waals surface area contributed by atoms with E-state index in [-0.39, 0.29) is 11.7 Å². The van der Waals surface area contributed by atoms with Crippen molar-refractivity contribution in [3.63, 3.8) is 0 Å². The average Bonchev–Trinajstić information content (AvgIpc) is 3.56. The van der Waals surface area contributed by atoms with E-state index in [1.807, 2.05) is 91.9 Å². The molecule has 0 saturated carbocycles. The van der Waals surface area contributed by atoms with Crippen LogP contribution in [0.5, 0.6) is 5.75 Å². The number of carbonyl (C=O) groups is 1. The molecule has 180 valence electrons. The molecule has 0 aliphatic carbocycles. The van der Waals surface area contributed by atoms with Gasteiger partial charge in [0.05, 0.1) is 29.9 Å². The molecule has 2 aromatic heterocycles. The summed E-state index contributed by atoms with van der Waals surface area (Å²) in [6.07, 6.45) is 0. The predicted molar refractivity (Wildman–Crippen MR) is 139 cm³/mol. The Hall–Kier alpha value is -4.44. The van der Waals surface area contributed by atoms with Gasteiger partial charge < -0.3 is 10.1 Å². The van der Waals surface area contributed by atoms with Crippen molar-refractivity contribution < 1.29 is 9.53 Å². The van der Waals surface area contributed by atoms with E-state index in [1.165, 1.54) is 17.3 Å². The quantitative estimate of drug-likeness (QED) is 0.314. The number of ether oxygens (including phenoxy) is 1. The summed E-state index contributed by atoms with van der Waals surface area (Å²) in [5.74, 6) is 1.24. The molecular weight excluding hydrogens is 474 g/mol. The first-order valence-electron chi connectivity index (χ1n) is 11.2. The Kier molecular flexibility index (Phi) is 6.76. The second kappa shape index (κ2) is 10.4. The molecule has 0 spiro atoms. The van der Waals surface area contributed by atoms with Gasteiger partial charge in [0.25, 0.3) is 0 Å². The second-order valence-corrected chi connectivity index (χ2v) is 8.88. The summed E-state index contributed by atoms with van der Waals surface area (Å²) in [5, 5.41) is 20.1. The summed E-state index contributed by atoms with van der Waals surface area (Å²) in [4.78, 5) is 12.9. The van der Waals surface area contributed by atoms with E-state index >= 15 is 0 Å². The summed E-state index contributed by atoms with van der Waals surface area (Å²) in [6.45, 7) is 2.04. The minimum atomic E-state index is -0.197. The van der Waals surface area contributed by atoms with Crippen molar-refractivity contribution in [3.05, 3.63) is 90.5 Å². The molecule has 0 bridgehead atoms. The molecule has 2 heterocycles. The lowest BCUT2D eigenvalue weighted by Gasteiger charge is -2.09. The fraction of sp³-hybridized carbons (Fsp3) is 0.115. The standard InChI is InChI=1S/C26H23N7O2S/c1-18-8-10-19(11-9-18)23-16-24(32(29-23)20-6-4-3-5-7-20)27-25(34)17-36-26-28-30-31-33(26)21-12-14-22(35-2)15-13-21/h3-16H,17H2,1-2H3,(H,27,34). The summed E-state index contributed by atoms with van der Waals surface area (Å²) in [6, 6.07) is 27.1. The summed E-state index contributed by atoms with van der Waals surface area (Å²) in [5.41, 5.74) is 4.53. The van der Waals surface area contributed by atoms with Crippen LogP contribution in [0.15, 0.2) is 90.1 Å². The molecule has 0 atom stereocenters. The van der Waals surface area contributed by atoms with Gasteiger partial charge in [-0.05, 0) is 53.7 Å². The van der Waals surface area contributed by atoms with Gasteiger partial charge in [-0.2, -0.15) is 9.78 Å². The fourth-order valence-corrected chi connectivity index (χ4v) is 4.26. The molecule has 0 fully saturated rings. The number of thioether (sulfide) groups is 1. The summed E-state index contributed by atoms with van der Waals surface area (Å²) < 4.78 is 8.52. The molecule has 0 aliphatic heterocycles. The lowest BCUT2D eigenvalue weighted by molar-refractivity contribution is -0.113. The summed E-state index contributed by atoms with van der Waals surface area (Å²) in [7, 11) is 1.61. The van der Waals surface area contributed by atoms with Gasteiger partial charge in [0.2, 0.25) is 11.1 Å². The van der Waals surface area contributed by atoms with Crippen LogP contribution in [0.3, 0.4) is 0 Å². The maximum Gasteiger partial charge on any atom is 0.236 e. The van der Waals surface area contributed by atoms with Gasteiger partial charge in [-0.15, -0.1) is 5.10 Å². The third-order valence-corrected chi connectivity index (χ3v) is 6.33. The highest BCUT2D eigenvalue weighted by Gasteiger charge is 2.16. The first-order chi connectivity index (χ1) is 17.6. The van der Waals surface area contributed by atoms with Gasteiger partial charge in [0, 0.05) is 11.6 Å². The first kappa shape index (κ1) is 23.3. The third-order valence-electron chi connectivity index (χ3n) is 5.42. The van der Waals surface area contributed by atoms with E-state index < -0.39 is 0 Å². The van der Waals surface area contributed by atoms with Crippen LogP contribution in [0.4, 0.5) is 5.82 Å². The third kappa shape index (κ3) is 5.13. The lowest BCUT2D eigenvalue weighted by Crippen LogP contribution is -2.17. The first-order valence-corrected chi connectivity index (χ1v) is 12.2. The molecule has 5 rings (SSSR count). The largest absolute Gasteiger partial charge is 0.497 e. The van der Waals surface area contributed by atoms with Crippen molar-refractivity contribution in [2.24, 2.45) is 0 Å². The number of carbonyl (C=O) groups excluding carboxylic acids is 1. The SMILES string of the molecule is COc1ccc(-n2nnnc2SCC(=O)Nc2cc(-c3ccc(C)cc3)nn2-c2ccccc2)cc1. The van der Waals surface area contributed by atoms with Crippen LogP contribution in [-0.4, -0.2) is 48.8 Å². The van der Waals surface area contributed by atoms with E-state index in [9.17, 15) is 4.79 Å². The molecule has 9 nitrogen and oxygen atoms in total. The molecule has 1 amide bonds. The highest BCUT2D eigenvalue weighted by molar-refractivity contribution is 7.99. The van der Waals surface area contributed by atoms with Gasteiger partial charge in [-0.25, -0.2) is 4.68 Å². The van der Waals surface area contributed by atoms with E-state index in [0.717, 1.165) is 28.4 Å². The Morgan fingerprint density at radius 2 is 1.67 bits per heavy atom. The number of hydrogen-bond donors (Lipinski definition) is 1. The zero-order valence-electron chi connectivity index (χ0n) is 19.7. The number of anilines is 1. The van der Waals surface area contributed by atoms with Crippen molar-refractivity contribution in [2.45, 2.75) is 12.1 Å². The molecular formula is C26H23N7O2S. The van der Waals surface area contributed by atoms with Crippen LogP contribution in [-0.2, 0) is 4.79 Å². The van der Waals surface area contributed by atoms with E-state index in [4.69, 9.17) is 9.84 Å². The number of nitrogens with zero attached hydrogens (tertiary/aromatic N) is 6. The highest BCUT2D eigenvalue weighted by Crippen LogP contribution is 2.26. The predicted octanol–water partition coefficient (Wildman–Crippen LogP) is 4.56. The van der Waals surface area contributed by atoms with Crippen LogP contribution in [0.2, 0.25) is 0 Å². The number of amides is 1. The minimum absolute atomic E-state index is 0.121. The Balaban J connectivity index is 1.34. The van der Waals surface area contributed by atoms with Crippen LogP contribution < -0.4 is 10.1 Å². The number of para-hydroxylation sites is 1. The zero-order valence-corrected chi connectivity index (χ0v) is 20.5. The number of aromatic nitrogens is 6. The summed E-state index contributed by atoms with van der Waals surface area (Å²) >= 11 is 1.25. The molecule has 5 aromatic rings.